The van der Waals surface area contributed by atoms with Gasteiger partial charge in [0.1, 0.15) is 59.1 Å². The fourth-order valence-electron chi connectivity index (χ4n) is 4.35. The topological polar surface area (TPSA) is 131 Å². The first kappa shape index (κ1) is 25.6. The van der Waals surface area contributed by atoms with Gasteiger partial charge in [0.05, 0.1) is 18.5 Å². The second kappa shape index (κ2) is 10.0. The summed E-state index contributed by atoms with van der Waals surface area (Å²) in [5.74, 6) is -1.77. The Morgan fingerprint density at radius 3 is 2.49 bits per heavy atom. The SMILES string of the molecule is Cc1ccc(Cl)cc1-n1cnnc1[C@@H]1O[C@H](CO)[C@H](O)[C@H](n2cc(-c3cc(F)c(Cl)c(F)c3)nn2)[C@H]1O. The molecule has 0 bridgehead atoms. The zero-order chi connectivity index (χ0) is 26.4. The van der Waals surface area contributed by atoms with E-state index >= 15 is 0 Å². The number of aromatic nitrogens is 6. The Morgan fingerprint density at radius 1 is 1.05 bits per heavy atom. The Morgan fingerprint density at radius 2 is 1.78 bits per heavy atom. The molecule has 37 heavy (non-hydrogen) atoms. The minimum absolute atomic E-state index is 0.0492. The van der Waals surface area contributed by atoms with E-state index in [1.807, 2.05) is 13.0 Å². The van der Waals surface area contributed by atoms with Crippen molar-refractivity contribution < 1.29 is 28.8 Å². The van der Waals surface area contributed by atoms with Crippen molar-refractivity contribution in [1.29, 1.82) is 0 Å². The van der Waals surface area contributed by atoms with E-state index in [0.717, 1.165) is 22.4 Å². The van der Waals surface area contributed by atoms with Crippen LogP contribution in [-0.4, -0.2) is 70.0 Å². The standard InChI is InChI=1S/C23H20Cl2F2N6O4/c1-10-2-3-12(24)6-16(10)32-9-28-30-23(32)22-21(36)19(20(35)17(8-34)37-22)33-7-15(29-31-33)11-4-13(26)18(25)14(27)5-11/h2-7,9,17,19-22,34-36H,8H2,1H3/t17-,19+,20+,21-,22-/m1/s1. The molecule has 2 aromatic heterocycles. The molecule has 1 aliphatic heterocycles. The molecule has 4 aromatic rings. The third kappa shape index (κ3) is 4.60. The van der Waals surface area contributed by atoms with E-state index in [1.165, 1.54) is 12.5 Å². The molecule has 3 heterocycles. The summed E-state index contributed by atoms with van der Waals surface area (Å²) in [6.45, 7) is 1.27. The molecule has 0 unspecified atom stereocenters. The summed E-state index contributed by atoms with van der Waals surface area (Å²) >= 11 is 11.7. The molecule has 0 aliphatic carbocycles. The van der Waals surface area contributed by atoms with Crippen LogP contribution in [0.5, 0.6) is 0 Å². The zero-order valence-electron chi connectivity index (χ0n) is 19.1. The van der Waals surface area contributed by atoms with Crippen molar-refractivity contribution in [1.82, 2.24) is 29.8 Å². The normalized spacial score (nSPS) is 23.9. The first-order chi connectivity index (χ1) is 17.7. The molecule has 0 spiro atoms. The van der Waals surface area contributed by atoms with Gasteiger partial charge in [0.15, 0.2) is 5.82 Å². The highest BCUT2D eigenvalue weighted by Gasteiger charge is 2.48. The number of aliphatic hydroxyl groups is 3. The van der Waals surface area contributed by atoms with Crippen molar-refractivity contribution in [2.45, 2.75) is 37.4 Å². The molecule has 1 aliphatic rings. The first-order valence-corrected chi connectivity index (χ1v) is 11.8. The van der Waals surface area contributed by atoms with Crippen molar-refractivity contribution in [2.24, 2.45) is 0 Å². The number of aliphatic hydroxyl groups excluding tert-OH is 3. The number of aryl methyl sites for hydroxylation is 1. The maximum Gasteiger partial charge on any atom is 0.169 e. The van der Waals surface area contributed by atoms with Crippen LogP contribution >= 0.6 is 23.2 Å². The van der Waals surface area contributed by atoms with Gasteiger partial charge in [-0.25, -0.2) is 13.5 Å². The number of rotatable bonds is 5. The summed E-state index contributed by atoms with van der Waals surface area (Å²) in [5.41, 5.74) is 1.60. The average Bonchev–Trinajstić information content (AvgIpc) is 3.54. The number of halogens is 4. The fourth-order valence-corrected chi connectivity index (χ4v) is 4.63. The van der Waals surface area contributed by atoms with Gasteiger partial charge in [-0.2, -0.15) is 0 Å². The number of ether oxygens (including phenoxy) is 1. The van der Waals surface area contributed by atoms with Crippen LogP contribution in [-0.2, 0) is 4.74 Å². The molecule has 5 rings (SSSR count). The molecule has 3 N–H and O–H groups in total. The van der Waals surface area contributed by atoms with E-state index < -0.39 is 53.7 Å². The Bertz CT molecular complexity index is 1430. The van der Waals surface area contributed by atoms with Crippen LogP contribution in [0.3, 0.4) is 0 Å². The van der Waals surface area contributed by atoms with Gasteiger partial charge in [0.2, 0.25) is 0 Å². The number of hydrogen-bond acceptors (Lipinski definition) is 8. The smallest absolute Gasteiger partial charge is 0.169 e. The minimum atomic E-state index is -1.45. The van der Waals surface area contributed by atoms with E-state index in [2.05, 4.69) is 20.5 Å². The van der Waals surface area contributed by atoms with Crippen molar-refractivity contribution in [3.63, 3.8) is 0 Å². The van der Waals surface area contributed by atoms with Gasteiger partial charge in [-0.15, -0.1) is 15.3 Å². The van der Waals surface area contributed by atoms with Crippen LogP contribution in [0.4, 0.5) is 8.78 Å². The second-order valence-corrected chi connectivity index (χ2v) is 9.39. The molecule has 5 atom stereocenters. The lowest BCUT2D eigenvalue weighted by Crippen LogP contribution is -2.53. The quantitative estimate of drug-likeness (QED) is 0.322. The van der Waals surface area contributed by atoms with Gasteiger partial charge in [-0.3, -0.25) is 4.57 Å². The monoisotopic (exact) mass is 552 g/mol. The molecule has 14 heteroatoms. The highest BCUT2D eigenvalue weighted by molar-refractivity contribution is 6.31. The van der Waals surface area contributed by atoms with Crippen molar-refractivity contribution in [3.8, 4) is 16.9 Å². The van der Waals surface area contributed by atoms with E-state index in [-0.39, 0.29) is 17.1 Å². The van der Waals surface area contributed by atoms with Crippen molar-refractivity contribution in [2.75, 3.05) is 6.61 Å². The highest BCUT2D eigenvalue weighted by atomic mass is 35.5. The Balaban J connectivity index is 1.53. The molecule has 1 saturated heterocycles. The van der Waals surface area contributed by atoms with Gasteiger partial charge >= 0.3 is 0 Å². The lowest BCUT2D eigenvalue weighted by molar-refractivity contribution is -0.210. The van der Waals surface area contributed by atoms with Crippen molar-refractivity contribution >= 4 is 23.2 Å². The zero-order valence-corrected chi connectivity index (χ0v) is 20.6. The van der Waals surface area contributed by atoms with Crippen LogP contribution in [0, 0.1) is 18.6 Å². The van der Waals surface area contributed by atoms with E-state index in [0.29, 0.717) is 10.7 Å². The maximum absolute atomic E-state index is 14.0. The largest absolute Gasteiger partial charge is 0.394 e. The molecule has 2 aromatic carbocycles. The minimum Gasteiger partial charge on any atom is -0.394 e. The molecule has 10 nitrogen and oxygen atoms in total. The molecule has 194 valence electrons. The van der Waals surface area contributed by atoms with Crippen LogP contribution in [0.2, 0.25) is 10.0 Å². The average molecular weight is 553 g/mol. The van der Waals surface area contributed by atoms with Crippen LogP contribution in [0.1, 0.15) is 23.5 Å². The fraction of sp³-hybridized carbons (Fsp3) is 0.304. The summed E-state index contributed by atoms with van der Waals surface area (Å²) < 4.78 is 36.5. The van der Waals surface area contributed by atoms with E-state index in [9.17, 15) is 24.1 Å². The second-order valence-electron chi connectivity index (χ2n) is 8.58. The van der Waals surface area contributed by atoms with E-state index in [1.54, 1.807) is 16.7 Å². The first-order valence-electron chi connectivity index (χ1n) is 11.0. The Kier molecular flexibility index (Phi) is 6.96. The lowest BCUT2D eigenvalue weighted by atomic mass is 9.92. The summed E-state index contributed by atoms with van der Waals surface area (Å²) in [7, 11) is 0. The Labute approximate surface area is 218 Å². The van der Waals surface area contributed by atoms with Gasteiger partial charge in [-0.1, -0.05) is 34.5 Å². The maximum atomic E-state index is 14.0. The van der Waals surface area contributed by atoms with E-state index in [4.69, 9.17) is 27.9 Å². The summed E-state index contributed by atoms with van der Waals surface area (Å²) in [4.78, 5) is 0. The van der Waals surface area contributed by atoms with Gasteiger partial charge in [0.25, 0.3) is 0 Å². The Hall–Kier alpha value is -3.00. The number of nitrogens with zero attached hydrogens (tertiary/aromatic N) is 6. The molecular weight excluding hydrogens is 533 g/mol. The molecule has 0 radical (unpaired) electrons. The van der Waals surface area contributed by atoms with Gasteiger partial charge < -0.3 is 20.1 Å². The summed E-state index contributed by atoms with van der Waals surface area (Å²) in [6, 6.07) is 6.04. The molecule has 0 amide bonds. The molecule has 1 fully saturated rings. The van der Waals surface area contributed by atoms with Gasteiger partial charge in [0, 0.05) is 10.6 Å². The summed E-state index contributed by atoms with van der Waals surface area (Å²) in [6.07, 6.45) is -2.44. The highest BCUT2D eigenvalue weighted by Crippen LogP contribution is 2.39. The third-order valence-electron chi connectivity index (χ3n) is 6.25. The molecular formula is C23H20Cl2F2N6O4. The number of hydrogen-bond donors (Lipinski definition) is 3. The van der Waals surface area contributed by atoms with Crippen molar-refractivity contribution in [3.05, 3.63) is 75.9 Å². The lowest BCUT2D eigenvalue weighted by Gasteiger charge is -2.41. The van der Waals surface area contributed by atoms with Crippen LogP contribution in [0.15, 0.2) is 42.9 Å². The predicted octanol–water partition coefficient (Wildman–Crippen LogP) is 2.81. The summed E-state index contributed by atoms with van der Waals surface area (Å²) in [5, 5.41) is 47.9. The number of benzene rings is 2. The molecule has 0 saturated carbocycles. The van der Waals surface area contributed by atoms with Crippen LogP contribution in [0.25, 0.3) is 16.9 Å². The van der Waals surface area contributed by atoms with Gasteiger partial charge in [-0.05, 0) is 36.8 Å². The predicted molar refractivity (Wildman–Crippen MR) is 127 cm³/mol. The third-order valence-corrected chi connectivity index (χ3v) is 6.84. The van der Waals surface area contributed by atoms with Crippen LogP contribution < -0.4 is 0 Å².